The Morgan fingerprint density at radius 3 is 2.00 bits per heavy atom. The fourth-order valence-electron chi connectivity index (χ4n) is 4.07. The predicted molar refractivity (Wildman–Crippen MR) is 197 cm³/mol. The van der Waals surface area contributed by atoms with Gasteiger partial charge < -0.3 is 5.32 Å². The van der Waals surface area contributed by atoms with Crippen LogP contribution in [-0.4, -0.2) is 19.4 Å². The van der Waals surface area contributed by atoms with Gasteiger partial charge in [0, 0.05) is 18.5 Å². The van der Waals surface area contributed by atoms with E-state index in [1.54, 1.807) is 6.92 Å². The molecule has 0 bridgehead atoms. The normalized spacial score (nSPS) is 12.4. The summed E-state index contributed by atoms with van der Waals surface area (Å²) in [5, 5.41) is 3.61. The van der Waals surface area contributed by atoms with Crippen LogP contribution in [-0.2, 0) is 13.0 Å². The average molecular weight is 615 g/mol. The second kappa shape index (κ2) is 23.3. The molecular formula is C41H56F2N2. The first kappa shape index (κ1) is 41.0. The Hall–Kier alpha value is -4.05. The molecule has 2 nitrogen and oxygen atoms in total. The highest BCUT2D eigenvalue weighted by molar-refractivity contribution is 5.78. The average Bonchev–Trinajstić information content (AvgIpc) is 3.04. The summed E-state index contributed by atoms with van der Waals surface area (Å²) in [4.78, 5) is 4.77. The summed E-state index contributed by atoms with van der Waals surface area (Å²) in [7, 11) is 0.500. The van der Waals surface area contributed by atoms with E-state index in [1.807, 2.05) is 71.2 Å². The number of nitrogens with zero attached hydrogens (tertiary/aromatic N) is 1. The van der Waals surface area contributed by atoms with E-state index in [9.17, 15) is 8.78 Å². The molecule has 3 aromatic carbocycles. The molecule has 45 heavy (non-hydrogen) atoms. The van der Waals surface area contributed by atoms with E-state index in [0.29, 0.717) is 13.7 Å². The SMILES string of the molecule is C=C(/C=C(/NCc1ccc(Cc2cccc(C(C)F)c2)cc1)C(C)N=C/C(C)=C\C)c1ccccc1C.C=C(C)C.CC.CF. The summed E-state index contributed by atoms with van der Waals surface area (Å²) in [5.74, 6) is 0. The fraction of sp³-hybridized carbons (Fsp3) is 0.341. The van der Waals surface area contributed by atoms with Gasteiger partial charge in [0.05, 0.1) is 13.2 Å². The van der Waals surface area contributed by atoms with Crippen molar-refractivity contribution in [2.45, 2.75) is 87.5 Å². The lowest BCUT2D eigenvalue weighted by Crippen LogP contribution is -2.21. The largest absolute Gasteiger partial charge is 0.383 e. The maximum Gasteiger partial charge on any atom is 0.122 e. The van der Waals surface area contributed by atoms with Crippen molar-refractivity contribution >= 4 is 11.8 Å². The topological polar surface area (TPSA) is 24.4 Å². The molecule has 0 aliphatic heterocycles. The summed E-state index contributed by atoms with van der Waals surface area (Å²) in [6.07, 6.45) is 5.92. The van der Waals surface area contributed by atoms with Gasteiger partial charge >= 0.3 is 0 Å². The Kier molecular flexibility index (Phi) is 21.2. The van der Waals surface area contributed by atoms with Gasteiger partial charge in [-0.15, -0.1) is 6.58 Å². The number of alkyl halides is 2. The summed E-state index contributed by atoms with van der Waals surface area (Å²) >= 11 is 0. The Morgan fingerprint density at radius 2 is 1.44 bits per heavy atom. The Labute approximate surface area is 273 Å². The first-order valence-electron chi connectivity index (χ1n) is 15.7. The molecule has 0 radical (unpaired) electrons. The molecule has 0 saturated carbocycles. The van der Waals surface area contributed by atoms with Gasteiger partial charge in [-0.25, -0.2) is 4.39 Å². The van der Waals surface area contributed by atoms with Crippen molar-refractivity contribution in [3.8, 4) is 0 Å². The van der Waals surface area contributed by atoms with Gasteiger partial charge in [0.1, 0.15) is 6.17 Å². The molecule has 0 aromatic heterocycles. The van der Waals surface area contributed by atoms with Crippen molar-refractivity contribution in [3.63, 3.8) is 0 Å². The number of allylic oxidation sites excluding steroid dienone is 5. The van der Waals surface area contributed by atoms with Crippen molar-refractivity contribution in [1.29, 1.82) is 0 Å². The van der Waals surface area contributed by atoms with E-state index in [0.717, 1.165) is 40.0 Å². The maximum absolute atomic E-state index is 13.7. The zero-order chi connectivity index (χ0) is 34.4. The van der Waals surface area contributed by atoms with Crippen LogP contribution in [0.2, 0.25) is 0 Å². The molecule has 0 heterocycles. The van der Waals surface area contributed by atoms with Crippen molar-refractivity contribution < 1.29 is 8.78 Å². The maximum atomic E-state index is 13.7. The van der Waals surface area contributed by atoms with Crippen molar-refractivity contribution in [1.82, 2.24) is 5.32 Å². The quantitative estimate of drug-likeness (QED) is 0.130. The number of hydrogen-bond donors (Lipinski definition) is 1. The first-order valence-corrected chi connectivity index (χ1v) is 15.7. The van der Waals surface area contributed by atoms with Crippen LogP contribution in [0.1, 0.15) is 94.9 Å². The molecule has 0 saturated heterocycles. The highest BCUT2D eigenvalue weighted by Gasteiger charge is 2.10. The van der Waals surface area contributed by atoms with E-state index in [2.05, 4.69) is 93.9 Å². The zero-order valence-corrected chi connectivity index (χ0v) is 29.3. The predicted octanol–water partition coefficient (Wildman–Crippen LogP) is 11.9. The summed E-state index contributed by atoms with van der Waals surface area (Å²) in [5.41, 5.74) is 10.9. The van der Waals surface area contributed by atoms with Gasteiger partial charge in [-0.05, 0) is 105 Å². The van der Waals surface area contributed by atoms with Crippen LogP contribution >= 0.6 is 0 Å². The van der Waals surface area contributed by atoms with Crippen LogP contribution in [0.3, 0.4) is 0 Å². The molecule has 4 heteroatoms. The number of rotatable bonds is 11. The molecule has 3 aromatic rings. The summed E-state index contributed by atoms with van der Waals surface area (Å²) < 4.78 is 23.2. The minimum atomic E-state index is -0.953. The van der Waals surface area contributed by atoms with Crippen LogP contribution in [0, 0.1) is 6.92 Å². The Morgan fingerprint density at radius 1 is 0.867 bits per heavy atom. The third-order valence-electron chi connectivity index (χ3n) is 6.57. The second-order valence-corrected chi connectivity index (χ2v) is 10.8. The molecule has 2 atom stereocenters. The van der Waals surface area contributed by atoms with Crippen LogP contribution in [0.4, 0.5) is 8.78 Å². The zero-order valence-electron chi connectivity index (χ0n) is 29.3. The van der Waals surface area contributed by atoms with Gasteiger partial charge in [0.2, 0.25) is 0 Å². The van der Waals surface area contributed by atoms with Crippen LogP contribution in [0.5, 0.6) is 0 Å². The highest BCUT2D eigenvalue weighted by atomic mass is 19.1. The summed E-state index contributed by atoms with van der Waals surface area (Å²) in [6.45, 7) is 26.4. The van der Waals surface area contributed by atoms with E-state index in [4.69, 9.17) is 4.99 Å². The van der Waals surface area contributed by atoms with Gasteiger partial charge in [-0.1, -0.05) is 105 Å². The van der Waals surface area contributed by atoms with Gasteiger partial charge in [-0.2, -0.15) is 0 Å². The number of benzene rings is 3. The molecule has 244 valence electrons. The number of aryl methyl sites for hydroxylation is 1. The molecule has 0 fully saturated rings. The number of nitrogens with one attached hydrogen (secondary N) is 1. The summed E-state index contributed by atoms with van der Waals surface area (Å²) in [6, 6.07) is 24.6. The van der Waals surface area contributed by atoms with Crippen molar-refractivity contribution in [2.75, 3.05) is 7.18 Å². The lowest BCUT2D eigenvalue weighted by molar-refractivity contribution is 0.374. The van der Waals surface area contributed by atoms with Gasteiger partial charge in [0.15, 0.2) is 0 Å². The molecule has 0 amide bonds. The molecule has 0 spiro atoms. The number of hydrogen-bond acceptors (Lipinski definition) is 2. The molecule has 2 unspecified atom stereocenters. The third-order valence-corrected chi connectivity index (χ3v) is 6.57. The van der Waals surface area contributed by atoms with Gasteiger partial charge in [0.25, 0.3) is 0 Å². The highest BCUT2D eigenvalue weighted by Crippen LogP contribution is 2.22. The third kappa shape index (κ3) is 16.6. The first-order chi connectivity index (χ1) is 21.5. The molecule has 3 rings (SSSR count). The van der Waals surface area contributed by atoms with Crippen LogP contribution in [0.15, 0.2) is 120 Å². The van der Waals surface area contributed by atoms with Crippen molar-refractivity contribution in [2.24, 2.45) is 4.99 Å². The molecule has 0 aliphatic rings. The molecule has 0 aliphatic carbocycles. The van der Waals surface area contributed by atoms with Crippen LogP contribution in [0.25, 0.3) is 5.57 Å². The lowest BCUT2D eigenvalue weighted by atomic mass is 9.99. The Balaban J connectivity index is 0.00000220. The van der Waals surface area contributed by atoms with Gasteiger partial charge in [-0.3, -0.25) is 9.38 Å². The Bertz CT molecular complexity index is 1370. The number of halogens is 2. The number of aliphatic imine (C=N–C) groups is 1. The second-order valence-electron chi connectivity index (χ2n) is 10.8. The monoisotopic (exact) mass is 614 g/mol. The van der Waals surface area contributed by atoms with Crippen LogP contribution < -0.4 is 5.32 Å². The van der Waals surface area contributed by atoms with Crippen molar-refractivity contribution in [3.05, 3.63) is 148 Å². The van der Waals surface area contributed by atoms with E-state index >= 15 is 0 Å². The van der Waals surface area contributed by atoms with E-state index < -0.39 is 6.17 Å². The smallest absolute Gasteiger partial charge is 0.122 e. The standard InChI is InChI=1S/C34H39FN2.C4H8.C2H6.CH3F/c1-7-24(2)22-36-28(6)34(19-26(4)33-14-9-8-11-25(33)3)37-23-30-17-15-29(16-18-30)20-31-12-10-13-32(21-31)27(5)35;1-4(2)3;2*1-2/h7-19,21-22,27-28,37H,4,20,23H2,1-3,5-6H3;1H2,2-3H3;1-2H3;1H3/b24-7-,34-19+,36-22?;;;. The molecular weight excluding hydrogens is 558 g/mol. The lowest BCUT2D eigenvalue weighted by Gasteiger charge is -2.17. The minimum absolute atomic E-state index is 0.0416. The molecule has 1 N–H and O–H groups in total. The fourth-order valence-corrected chi connectivity index (χ4v) is 4.07. The van der Waals surface area contributed by atoms with E-state index in [1.165, 1.54) is 22.3 Å². The van der Waals surface area contributed by atoms with E-state index in [-0.39, 0.29) is 6.04 Å². The minimum Gasteiger partial charge on any atom is -0.383 e.